The predicted octanol–water partition coefficient (Wildman–Crippen LogP) is 2.89. The molecule has 1 aromatic carbocycles. The molecule has 17 heavy (non-hydrogen) atoms. The van der Waals surface area contributed by atoms with Gasteiger partial charge in [-0.15, -0.1) is 0 Å². The highest BCUT2D eigenvalue weighted by atomic mass is 19.1. The molecule has 0 amide bonds. The number of rotatable bonds is 6. The SMILES string of the molecule is CC(N)Cc1cc(F)ccc1OCCC1CC1. The second kappa shape index (κ2) is 5.50. The number of nitrogens with two attached hydrogens (primary N) is 1. The normalized spacial score (nSPS) is 16.9. The van der Waals surface area contributed by atoms with Crippen molar-refractivity contribution >= 4 is 0 Å². The Morgan fingerprint density at radius 3 is 2.88 bits per heavy atom. The lowest BCUT2D eigenvalue weighted by atomic mass is 10.1. The van der Waals surface area contributed by atoms with Crippen LogP contribution in [0, 0.1) is 11.7 Å². The summed E-state index contributed by atoms with van der Waals surface area (Å²) in [4.78, 5) is 0. The molecule has 1 atom stereocenters. The summed E-state index contributed by atoms with van der Waals surface area (Å²) < 4.78 is 18.9. The molecule has 2 N–H and O–H groups in total. The van der Waals surface area contributed by atoms with Crippen molar-refractivity contribution in [1.82, 2.24) is 0 Å². The van der Waals surface area contributed by atoms with Crippen LogP contribution < -0.4 is 10.5 Å². The summed E-state index contributed by atoms with van der Waals surface area (Å²) in [6, 6.07) is 4.69. The summed E-state index contributed by atoms with van der Waals surface area (Å²) in [6.07, 6.45) is 4.42. The van der Waals surface area contributed by atoms with Crippen molar-refractivity contribution in [2.24, 2.45) is 11.7 Å². The molecule has 1 saturated carbocycles. The molecule has 0 spiro atoms. The molecule has 2 rings (SSSR count). The van der Waals surface area contributed by atoms with Gasteiger partial charge in [-0.1, -0.05) is 12.8 Å². The fourth-order valence-corrected chi connectivity index (χ4v) is 1.94. The van der Waals surface area contributed by atoms with Crippen LogP contribution in [-0.2, 0) is 6.42 Å². The highest BCUT2D eigenvalue weighted by molar-refractivity contribution is 5.34. The van der Waals surface area contributed by atoms with Gasteiger partial charge in [-0.05, 0) is 49.4 Å². The highest BCUT2D eigenvalue weighted by Crippen LogP contribution is 2.32. The smallest absolute Gasteiger partial charge is 0.123 e. The zero-order chi connectivity index (χ0) is 12.3. The summed E-state index contributed by atoms with van der Waals surface area (Å²) >= 11 is 0. The van der Waals surface area contributed by atoms with Crippen LogP contribution in [0.4, 0.5) is 4.39 Å². The Morgan fingerprint density at radius 2 is 2.24 bits per heavy atom. The van der Waals surface area contributed by atoms with E-state index >= 15 is 0 Å². The Labute approximate surface area is 102 Å². The maximum Gasteiger partial charge on any atom is 0.123 e. The minimum atomic E-state index is -0.227. The van der Waals surface area contributed by atoms with E-state index in [0.717, 1.165) is 30.3 Å². The molecule has 0 saturated heterocycles. The topological polar surface area (TPSA) is 35.2 Å². The van der Waals surface area contributed by atoms with E-state index in [9.17, 15) is 4.39 Å². The Kier molecular flexibility index (Phi) is 4.00. The zero-order valence-electron chi connectivity index (χ0n) is 10.3. The molecule has 1 fully saturated rings. The van der Waals surface area contributed by atoms with Gasteiger partial charge in [-0.3, -0.25) is 0 Å². The average molecular weight is 237 g/mol. The summed E-state index contributed by atoms with van der Waals surface area (Å²) in [7, 11) is 0. The van der Waals surface area contributed by atoms with Crippen LogP contribution in [0.2, 0.25) is 0 Å². The third-order valence-electron chi connectivity index (χ3n) is 3.05. The fraction of sp³-hybridized carbons (Fsp3) is 0.571. The lowest BCUT2D eigenvalue weighted by Crippen LogP contribution is -2.18. The van der Waals surface area contributed by atoms with E-state index in [4.69, 9.17) is 10.5 Å². The van der Waals surface area contributed by atoms with Gasteiger partial charge < -0.3 is 10.5 Å². The van der Waals surface area contributed by atoms with Crippen molar-refractivity contribution in [2.75, 3.05) is 6.61 Å². The van der Waals surface area contributed by atoms with Crippen molar-refractivity contribution in [3.8, 4) is 5.75 Å². The molecule has 1 aliphatic carbocycles. The standard InChI is InChI=1S/C14H20FNO/c1-10(16)8-12-9-13(15)4-5-14(12)17-7-6-11-2-3-11/h4-5,9-11H,2-3,6-8,16H2,1H3. The lowest BCUT2D eigenvalue weighted by molar-refractivity contribution is 0.298. The van der Waals surface area contributed by atoms with Crippen LogP contribution >= 0.6 is 0 Å². The van der Waals surface area contributed by atoms with Crippen LogP contribution in [0.1, 0.15) is 31.7 Å². The Morgan fingerprint density at radius 1 is 1.47 bits per heavy atom. The van der Waals surface area contributed by atoms with E-state index in [-0.39, 0.29) is 11.9 Å². The van der Waals surface area contributed by atoms with Crippen LogP contribution in [0.3, 0.4) is 0 Å². The Balaban J connectivity index is 1.96. The molecule has 1 unspecified atom stereocenters. The van der Waals surface area contributed by atoms with E-state index in [1.54, 1.807) is 6.07 Å². The van der Waals surface area contributed by atoms with Gasteiger partial charge in [0.1, 0.15) is 11.6 Å². The first-order chi connectivity index (χ1) is 8.15. The van der Waals surface area contributed by atoms with E-state index in [0.29, 0.717) is 6.42 Å². The van der Waals surface area contributed by atoms with Gasteiger partial charge in [-0.25, -0.2) is 4.39 Å². The quantitative estimate of drug-likeness (QED) is 0.825. The largest absolute Gasteiger partial charge is 0.493 e. The predicted molar refractivity (Wildman–Crippen MR) is 66.6 cm³/mol. The third-order valence-corrected chi connectivity index (χ3v) is 3.05. The molecule has 0 aliphatic heterocycles. The van der Waals surface area contributed by atoms with Crippen molar-refractivity contribution in [3.63, 3.8) is 0 Å². The summed E-state index contributed by atoms with van der Waals surface area (Å²) in [6.45, 7) is 2.64. The fourth-order valence-electron chi connectivity index (χ4n) is 1.94. The van der Waals surface area contributed by atoms with Gasteiger partial charge in [0.25, 0.3) is 0 Å². The number of hydrogen-bond donors (Lipinski definition) is 1. The number of benzene rings is 1. The van der Waals surface area contributed by atoms with Crippen molar-refractivity contribution < 1.29 is 9.13 Å². The molecular formula is C14H20FNO. The molecule has 3 heteroatoms. The summed E-state index contributed by atoms with van der Waals surface area (Å²) in [5.74, 6) is 1.41. The lowest BCUT2D eigenvalue weighted by Gasteiger charge is -2.13. The number of halogens is 1. The second-order valence-corrected chi connectivity index (χ2v) is 5.01. The minimum Gasteiger partial charge on any atom is -0.493 e. The van der Waals surface area contributed by atoms with Gasteiger partial charge in [0, 0.05) is 6.04 Å². The van der Waals surface area contributed by atoms with Gasteiger partial charge in [0.2, 0.25) is 0 Å². The molecular weight excluding hydrogens is 217 g/mol. The van der Waals surface area contributed by atoms with Gasteiger partial charge in [0.15, 0.2) is 0 Å². The van der Waals surface area contributed by atoms with Crippen molar-refractivity contribution in [3.05, 3.63) is 29.6 Å². The molecule has 0 heterocycles. The first-order valence-electron chi connectivity index (χ1n) is 6.32. The summed E-state index contributed by atoms with van der Waals surface area (Å²) in [5, 5.41) is 0. The number of hydrogen-bond acceptors (Lipinski definition) is 2. The van der Waals surface area contributed by atoms with Gasteiger partial charge >= 0.3 is 0 Å². The summed E-state index contributed by atoms with van der Waals surface area (Å²) in [5.41, 5.74) is 6.62. The first kappa shape index (κ1) is 12.4. The maximum absolute atomic E-state index is 13.2. The molecule has 0 bridgehead atoms. The van der Waals surface area contributed by atoms with Crippen LogP contribution in [0.5, 0.6) is 5.75 Å². The molecule has 0 radical (unpaired) electrons. The van der Waals surface area contributed by atoms with E-state index in [2.05, 4.69) is 0 Å². The highest BCUT2D eigenvalue weighted by Gasteiger charge is 2.20. The molecule has 2 nitrogen and oxygen atoms in total. The van der Waals surface area contributed by atoms with Gasteiger partial charge in [0.05, 0.1) is 6.61 Å². The number of ether oxygens (including phenoxy) is 1. The van der Waals surface area contributed by atoms with Crippen LogP contribution in [0.25, 0.3) is 0 Å². The van der Waals surface area contributed by atoms with Crippen molar-refractivity contribution in [1.29, 1.82) is 0 Å². The van der Waals surface area contributed by atoms with E-state index in [1.165, 1.54) is 25.0 Å². The molecule has 1 aliphatic rings. The second-order valence-electron chi connectivity index (χ2n) is 5.01. The van der Waals surface area contributed by atoms with Crippen LogP contribution in [0.15, 0.2) is 18.2 Å². The Hall–Kier alpha value is -1.09. The minimum absolute atomic E-state index is 0.0163. The molecule has 94 valence electrons. The molecule has 1 aromatic rings. The van der Waals surface area contributed by atoms with Gasteiger partial charge in [-0.2, -0.15) is 0 Å². The average Bonchev–Trinajstić information content (AvgIpc) is 3.04. The third kappa shape index (κ3) is 4.00. The monoisotopic (exact) mass is 237 g/mol. The van der Waals surface area contributed by atoms with E-state index < -0.39 is 0 Å². The molecule has 0 aromatic heterocycles. The van der Waals surface area contributed by atoms with E-state index in [1.807, 2.05) is 6.92 Å². The zero-order valence-corrected chi connectivity index (χ0v) is 10.3. The maximum atomic E-state index is 13.2. The van der Waals surface area contributed by atoms with Crippen LogP contribution in [-0.4, -0.2) is 12.6 Å². The Bertz CT molecular complexity index is 374. The first-order valence-corrected chi connectivity index (χ1v) is 6.32. The van der Waals surface area contributed by atoms with Crippen molar-refractivity contribution in [2.45, 2.75) is 38.6 Å².